The van der Waals surface area contributed by atoms with E-state index in [1.165, 1.54) is 0 Å². The van der Waals surface area contributed by atoms with Crippen LogP contribution < -0.4 is 9.30 Å². The van der Waals surface area contributed by atoms with Crippen molar-refractivity contribution in [3.63, 3.8) is 0 Å². The first-order chi connectivity index (χ1) is 40.9. The number of imidazole rings is 1. The maximum Gasteiger partial charge on any atom is 0.269 e. The highest BCUT2D eigenvalue weighted by molar-refractivity contribution is 6.10. The summed E-state index contributed by atoms with van der Waals surface area (Å²) in [7, 11) is 0. The van der Waals surface area contributed by atoms with Crippen molar-refractivity contribution in [2.75, 3.05) is 0 Å². The van der Waals surface area contributed by atoms with E-state index in [-0.39, 0.29) is 39.8 Å². The molecule has 6 heteroatoms. The first-order valence-corrected chi connectivity index (χ1v) is 26.5. The zero-order valence-electron chi connectivity index (χ0n) is 53.0. The van der Waals surface area contributed by atoms with Gasteiger partial charge in [-0.3, -0.25) is 13.7 Å². The van der Waals surface area contributed by atoms with E-state index < -0.39 is 47.1 Å². The highest BCUT2D eigenvalue weighted by Gasteiger charge is 2.32. The fourth-order valence-electron chi connectivity index (χ4n) is 11.4. The predicted octanol–water partition coefficient (Wildman–Crippen LogP) is 18.8. The summed E-state index contributed by atoms with van der Waals surface area (Å²) < 4.78 is 96.2. The largest absolute Gasteiger partial charge is 0.458 e. The Kier molecular flexibility index (Phi) is 8.71. The van der Waals surface area contributed by atoms with Crippen LogP contribution in [-0.2, 0) is 16.2 Å². The first kappa shape index (κ1) is 39.4. The third-order valence-electron chi connectivity index (χ3n) is 15.4. The molecular weight excluding hydrogens is 953 g/mol. The highest BCUT2D eigenvalue weighted by atomic mass is 16.5. The Morgan fingerprint density at radius 3 is 1.91 bits per heavy atom. The van der Waals surface area contributed by atoms with E-state index in [0.29, 0.717) is 56.2 Å². The second-order valence-electron chi connectivity index (χ2n) is 23.7. The molecule has 0 unspecified atom stereocenters. The molecule has 0 saturated heterocycles. The average molecular weight is 1020 g/mol. The van der Waals surface area contributed by atoms with Crippen molar-refractivity contribution >= 4 is 54.8 Å². The molecule has 0 bridgehead atoms. The van der Waals surface area contributed by atoms with E-state index >= 15 is 0 Å². The Hall–Kier alpha value is -9.00. The zero-order valence-corrected chi connectivity index (χ0v) is 45.0. The maximum absolute atomic E-state index is 10.0. The van der Waals surface area contributed by atoms with E-state index in [1.54, 1.807) is 0 Å². The number of ether oxygens (including phenoxy) is 1. The fourth-order valence-corrected chi connectivity index (χ4v) is 11.4. The van der Waals surface area contributed by atoms with E-state index in [1.807, 2.05) is 106 Å². The van der Waals surface area contributed by atoms with Gasteiger partial charge in [-0.2, -0.15) is 0 Å². The van der Waals surface area contributed by atoms with Gasteiger partial charge in [0.05, 0.1) is 44.4 Å². The average Bonchev–Trinajstić information content (AvgIpc) is 1.56. The van der Waals surface area contributed by atoms with Crippen LogP contribution in [0.25, 0.3) is 116 Å². The van der Waals surface area contributed by atoms with Crippen LogP contribution in [0.5, 0.6) is 11.5 Å². The molecule has 14 rings (SSSR count). The van der Waals surface area contributed by atoms with Gasteiger partial charge in [0, 0.05) is 33.8 Å². The Morgan fingerprint density at radius 1 is 0.500 bits per heavy atom. The van der Waals surface area contributed by atoms with Crippen molar-refractivity contribution in [1.82, 2.24) is 14.1 Å². The van der Waals surface area contributed by atoms with Crippen molar-refractivity contribution in [2.24, 2.45) is 0 Å². The molecule has 0 aliphatic carbocycles. The van der Waals surface area contributed by atoms with Crippen LogP contribution in [0.15, 0.2) is 205 Å². The zero-order chi connectivity index (χ0) is 60.4. The lowest BCUT2D eigenvalue weighted by Crippen LogP contribution is -2.35. The van der Waals surface area contributed by atoms with Crippen molar-refractivity contribution in [3.05, 3.63) is 223 Å². The van der Waals surface area contributed by atoms with Crippen molar-refractivity contribution in [1.29, 1.82) is 0 Å². The Balaban J connectivity index is 1.08. The molecule has 1 aliphatic rings. The van der Waals surface area contributed by atoms with Crippen LogP contribution >= 0.6 is 0 Å². The van der Waals surface area contributed by atoms with Gasteiger partial charge in [0.15, 0.2) is 0 Å². The van der Waals surface area contributed by atoms with E-state index in [0.717, 1.165) is 66.2 Å². The quantitative estimate of drug-likeness (QED) is 0.127. The minimum atomic E-state index is -0.606. The molecule has 0 atom stereocenters. The molecule has 0 fully saturated rings. The van der Waals surface area contributed by atoms with Gasteiger partial charge >= 0.3 is 0 Å². The molecule has 9 aromatic carbocycles. The van der Waals surface area contributed by atoms with Gasteiger partial charge in [-0.15, -0.1) is 0 Å². The molecule has 13 aromatic rings. The normalized spacial score (nSPS) is 14.1. The summed E-state index contributed by atoms with van der Waals surface area (Å²) in [5, 5.41) is 3.96. The molecule has 1 aliphatic heterocycles. The molecule has 0 N–H and O–H groups in total. The summed E-state index contributed by atoms with van der Waals surface area (Å²) in [5.74, 6) is 1.93. The minimum Gasteiger partial charge on any atom is -0.458 e. The number of para-hydroxylation sites is 2. The molecule has 0 radical (unpaired) electrons. The van der Waals surface area contributed by atoms with Crippen LogP contribution in [0, 0.1) is 6.33 Å². The first-order valence-electron chi connectivity index (χ1n) is 30.5. The van der Waals surface area contributed by atoms with Crippen molar-refractivity contribution in [3.8, 4) is 73.2 Å². The van der Waals surface area contributed by atoms with Crippen LogP contribution in [-0.4, -0.2) is 14.1 Å². The summed E-state index contributed by atoms with van der Waals surface area (Å²) in [6, 6.07) is 44.9. The van der Waals surface area contributed by atoms with Crippen LogP contribution in [0.4, 0.5) is 0 Å². The number of furan rings is 1. The molecule has 78 heavy (non-hydrogen) atoms. The molecule has 0 saturated carbocycles. The summed E-state index contributed by atoms with van der Waals surface area (Å²) in [6.07, 6.45) is 5.69. The van der Waals surface area contributed by atoms with Gasteiger partial charge in [0.2, 0.25) is 0 Å². The monoisotopic (exact) mass is 1020 g/mol. The number of benzene rings is 9. The summed E-state index contributed by atoms with van der Waals surface area (Å²) in [6.45, 7) is 19.3. The number of nitrogens with zero attached hydrogens (tertiary/aromatic N) is 4. The predicted molar refractivity (Wildman–Crippen MR) is 321 cm³/mol. The fraction of sp³-hybridized carbons (Fsp3) is 0.167. The Labute approximate surface area is 466 Å². The lowest BCUT2D eigenvalue weighted by molar-refractivity contribution is -0.572. The Morgan fingerprint density at radius 2 is 1.17 bits per heavy atom. The molecule has 5 heterocycles. The van der Waals surface area contributed by atoms with Gasteiger partial charge in [0.25, 0.3) is 6.33 Å². The maximum atomic E-state index is 10.0. The van der Waals surface area contributed by atoms with Gasteiger partial charge in [-0.25, -0.2) is 4.98 Å². The number of rotatable bonds is 5. The molecule has 0 spiro atoms. The third-order valence-corrected chi connectivity index (χ3v) is 15.4. The third kappa shape index (κ3) is 7.68. The van der Waals surface area contributed by atoms with Crippen LogP contribution in [0.2, 0.25) is 0 Å². The number of pyridine rings is 1. The summed E-state index contributed by atoms with van der Waals surface area (Å²) in [4.78, 5) is 4.91. The number of hydrogen-bond donors (Lipinski definition) is 0. The van der Waals surface area contributed by atoms with Gasteiger partial charge < -0.3 is 9.15 Å². The number of fused-ring (bicyclic) bond motifs is 13. The van der Waals surface area contributed by atoms with E-state index in [4.69, 9.17) is 14.1 Å². The smallest absolute Gasteiger partial charge is 0.269 e. The summed E-state index contributed by atoms with van der Waals surface area (Å²) in [5.41, 5.74) is 10.0. The van der Waals surface area contributed by atoms with Gasteiger partial charge in [-0.1, -0.05) is 177 Å². The second-order valence-corrected chi connectivity index (χ2v) is 23.7. The molecule has 6 nitrogen and oxygen atoms in total. The number of hydrogen-bond acceptors (Lipinski definition) is 3. The van der Waals surface area contributed by atoms with Crippen LogP contribution in [0.1, 0.15) is 90.0 Å². The van der Waals surface area contributed by atoms with E-state index in [2.05, 4.69) is 128 Å². The minimum absolute atomic E-state index is 0.0215. The topological polar surface area (TPSA) is 49.0 Å². The van der Waals surface area contributed by atoms with Gasteiger partial charge in [0.1, 0.15) is 28.5 Å². The standard InChI is InChI=1S/C72H60N4O2/c1-70(2,3)46-33-34-73-67(40-46)76-62-27-16-14-25-55(62)56-31-30-50(42-63(56)76)77-49-20-18-19-48(41-49)74-43-75-68-60(38-47(71(4,5)6)39-61(68)72(7,8)9)54-24-13-11-22-52(54)51-21-10-12-23-53(51)59-36-45(37-64(74)69(59)75)44-29-32-66-58(35-44)57-26-15-17-28-65(57)78-66/h10-42H,1-9H3/i10D,11D,12D,13D,21D,22D,23D,24D. The van der Waals surface area contributed by atoms with E-state index in [9.17, 15) is 11.0 Å². The second kappa shape index (κ2) is 17.3. The van der Waals surface area contributed by atoms with Crippen LogP contribution in [0.3, 0.4) is 0 Å². The molecule has 4 aromatic heterocycles. The lowest BCUT2D eigenvalue weighted by atomic mass is 9.77. The Bertz CT molecular complexity index is 5090. The van der Waals surface area contributed by atoms with Gasteiger partial charge in [-0.05, 0) is 150 Å². The molecule has 380 valence electrons. The lowest BCUT2D eigenvalue weighted by Gasteiger charge is -2.30. The molecule has 0 amide bonds. The van der Waals surface area contributed by atoms with Crippen molar-refractivity contribution < 1.29 is 24.7 Å². The highest BCUT2D eigenvalue weighted by Crippen LogP contribution is 2.48. The molecular formula is C72H60N4O2. The number of aromatic nitrogens is 4. The van der Waals surface area contributed by atoms with Crippen molar-refractivity contribution in [2.45, 2.75) is 78.6 Å². The summed E-state index contributed by atoms with van der Waals surface area (Å²) >= 11 is 0. The SMILES string of the molecule is [2H]c1c([2H])c([2H])c2c(c1[2H])-c1cc(C(C)(C)C)cc(C(C)(C)C)c1-[n+]1[c-]n(-c3cccc(Oc4ccc5c6ccccc6n(-c6cc(C(C)(C)C)ccn6)c5c4)c3)c3cc(-c4ccc5oc6ccccc6c5c4)cc(c31)-c1c([2H])c([2H])c([2H])c([2H])c1-2.